The second kappa shape index (κ2) is 8.93. The highest BCUT2D eigenvalue weighted by Gasteiger charge is 2.11. The third-order valence-corrected chi connectivity index (χ3v) is 4.22. The number of anilines is 1. The average molecular weight is 290 g/mol. The molecule has 0 unspecified atom stereocenters. The predicted molar refractivity (Wildman–Crippen MR) is 89.8 cm³/mol. The van der Waals surface area contributed by atoms with Gasteiger partial charge in [0.1, 0.15) is 5.75 Å². The van der Waals surface area contributed by atoms with Crippen molar-refractivity contribution in [1.29, 1.82) is 0 Å². The van der Waals surface area contributed by atoms with Crippen LogP contribution in [0.4, 0.5) is 5.69 Å². The average Bonchev–Trinajstić information content (AvgIpc) is 2.52. The van der Waals surface area contributed by atoms with Crippen molar-refractivity contribution in [2.45, 2.75) is 64.3 Å². The van der Waals surface area contributed by atoms with E-state index in [2.05, 4.69) is 24.4 Å². The normalized spacial score (nSPS) is 16.0. The molecule has 0 aliphatic heterocycles. The van der Waals surface area contributed by atoms with E-state index in [1.165, 1.54) is 44.1 Å². The fourth-order valence-corrected chi connectivity index (χ4v) is 3.00. The van der Waals surface area contributed by atoms with E-state index >= 15 is 0 Å². The van der Waals surface area contributed by atoms with Gasteiger partial charge in [-0.3, -0.25) is 0 Å². The molecule has 0 amide bonds. The van der Waals surface area contributed by atoms with Crippen LogP contribution in [0.5, 0.6) is 5.75 Å². The van der Waals surface area contributed by atoms with Gasteiger partial charge in [0.2, 0.25) is 0 Å². The van der Waals surface area contributed by atoms with E-state index in [9.17, 15) is 0 Å². The van der Waals surface area contributed by atoms with Gasteiger partial charge in [0.15, 0.2) is 0 Å². The Labute approximate surface area is 129 Å². The van der Waals surface area contributed by atoms with Crippen molar-refractivity contribution < 1.29 is 4.74 Å². The molecule has 1 aromatic rings. The summed E-state index contributed by atoms with van der Waals surface area (Å²) in [6.45, 7) is 3.94. The first kappa shape index (κ1) is 16.2. The Morgan fingerprint density at radius 2 is 2.05 bits per heavy atom. The molecule has 2 rings (SSSR count). The van der Waals surface area contributed by atoms with Gasteiger partial charge in [-0.05, 0) is 56.3 Å². The van der Waals surface area contributed by atoms with Gasteiger partial charge in [-0.1, -0.05) is 32.3 Å². The highest BCUT2D eigenvalue weighted by molar-refractivity contribution is 5.54. The molecule has 3 N–H and O–H groups in total. The first-order valence-corrected chi connectivity index (χ1v) is 8.54. The lowest BCUT2D eigenvalue weighted by Crippen LogP contribution is -2.31. The minimum Gasteiger partial charge on any atom is -0.491 e. The second-order valence-corrected chi connectivity index (χ2v) is 6.11. The number of nitrogen functional groups attached to an aromatic ring is 1. The smallest absolute Gasteiger partial charge is 0.142 e. The Morgan fingerprint density at radius 3 is 2.76 bits per heavy atom. The number of aryl methyl sites for hydroxylation is 1. The van der Waals surface area contributed by atoms with Crippen LogP contribution < -0.4 is 15.8 Å². The maximum atomic E-state index is 6.04. The van der Waals surface area contributed by atoms with Gasteiger partial charge >= 0.3 is 0 Å². The largest absolute Gasteiger partial charge is 0.491 e. The molecule has 0 saturated heterocycles. The summed E-state index contributed by atoms with van der Waals surface area (Å²) in [4.78, 5) is 0. The zero-order valence-electron chi connectivity index (χ0n) is 13.4. The van der Waals surface area contributed by atoms with E-state index < -0.39 is 0 Å². The number of benzene rings is 1. The van der Waals surface area contributed by atoms with E-state index in [1.807, 2.05) is 6.07 Å². The van der Waals surface area contributed by atoms with E-state index in [-0.39, 0.29) is 0 Å². The number of ether oxygens (including phenoxy) is 1. The van der Waals surface area contributed by atoms with Crippen molar-refractivity contribution in [1.82, 2.24) is 5.32 Å². The lowest BCUT2D eigenvalue weighted by Gasteiger charge is -2.22. The number of hydrogen-bond acceptors (Lipinski definition) is 3. The summed E-state index contributed by atoms with van der Waals surface area (Å²) in [5.74, 6) is 0.820. The molecule has 1 fully saturated rings. The highest BCUT2D eigenvalue weighted by Crippen LogP contribution is 2.23. The Kier molecular flexibility index (Phi) is 6.87. The predicted octanol–water partition coefficient (Wildman–Crippen LogP) is 3.91. The van der Waals surface area contributed by atoms with Crippen LogP contribution in [0, 0.1) is 0 Å². The molecule has 21 heavy (non-hydrogen) atoms. The SMILES string of the molecule is CCCOc1ccc(CCCNC2CCCCC2)cc1N. The Balaban J connectivity index is 1.69. The monoisotopic (exact) mass is 290 g/mol. The lowest BCUT2D eigenvalue weighted by molar-refractivity contribution is 0.319. The van der Waals surface area contributed by atoms with Crippen molar-refractivity contribution in [3.63, 3.8) is 0 Å². The molecule has 0 radical (unpaired) electrons. The minimum absolute atomic E-state index is 0.731. The van der Waals surface area contributed by atoms with Crippen LogP contribution in [-0.4, -0.2) is 19.2 Å². The molecule has 0 spiro atoms. The first-order valence-electron chi connectivity index (χ1n) is 8.54. The summed E-state index contributed by atoms with van der Waals surface area (Å²) >= 11 is 0. The van der Waals surface area contributed by atoms with Gasteiger partial charge in [0.05, 0.1) is 12.3 Å². The maximum Gasteiger partial charge on any atom is 0.142 e. The van der Waals surface area contributed by atoms with E-state index in [4.69, 9.17) is 10.5 Å². The van der Waals surface area contributed by atoms with Crippen molar-refractivity contribution in [2.75, 3.05) is 18.9 Å². The summed E-state index contributed by atoms with van der Waals surface area (Å²) in [5, 5.41) is 3.69. The molecular weight excluding hydrogens is 260 g/mol. The fourth-order valence-electron chi connectivity index (χ4n) is 3.00. The number of rotatable bonds is 8. The number of nitrogens with two attached hydrogens (primary N) is 1. The molecule has 1 aromatic carbocycles. The van der Waals surface area contributed by atoms with Crippen LogP contribution >= 0.6 is 0 Å². The van der Waals surface area contributed by atoms with Crippen LogP contribution in [0.1, 0.15) is 57.4 Å². The van der Waals surface area contributed by atoms with Crippen LogP contribution in [0.25, 0.3) is 0 Å². The topological polar surface area (TPSA) is 47.3 Å². The molecular formula is C18H30N2O. The van der Waals surface area contributed by atoms with E-state index in [0.717, 1.165) is 43.5 Å². The molecule has 1 aliphatic carbocycles. The molecule has 0 aromatic heterocycles. The van der Waals surface area contributed by atoms with Crippen molar-refractivity contribution in [2.24, 2.45) is 0 Å². The van der Waals surface area contributed by atoms with E-state index in [1.54, 1.807) is 0 Å². The fraction of sp³-hybridized carbons (Fsp3) is 0.667. The van der Waals surface area contributed by atoms with Gasteiger partial charge < -0.3 is 15.8 Å². The summed E-state index contributed by atoms with van der Waals surface area (Å²) in [6.07, 6.45) is 10.2. The zero-order chi connectivity index (χ0) is 14.9. The molecule has 3 nitrogen and oxygen atoms in total. The number of hydrogen-bond donors (Lipinski definition) is 2. The standard InChI is InChI=1S/C18H30N2O/c1-2-13-21-18-11-10-15(14-17(18)19)7-6-12-20-16-8-4-3-5-9-16/h10-11,14,16,20H,2-9,12-13,19H2,1H3. The van der Waals surface area contributed by atoms with Gasteiger partial charge in [-0.15, -0.1) is 0 Å². The highest BCUT2D eigenvalue weighted by atomic mass is 16.5. The lowest BCUT2D eigenvalue weighted by atomic mass is 9.95. The van der Waals surface area contributed by atoms with Gasteiger partial charge in [-0.25, -0.2) is 0 Å². The Morgan fingerprint density at radius 1 is 1.24 bits per heavy atom. The molecule has 1 aliphatic rings. The van der Waals surface area contributed by atoms with Crippen LogP contribution in [-0.2, 0) is 6.42 Å². The third kappa shape index (κ3) is 5.58. The summed E-state index contributed by atoms with van der Waals surface area (Å²) in [7, 11) is 0. The van der Waals surface area contributed by atoms with Crippen molar-refractivity contribution in [3.05, 3.63) is 23.8 Å². The van der Waals surface area contributed by atoms with Crippen LogP contribution in [0.15, 0.2) is 18.2 Å². The molecule has 1 saturated carbocycles. The van der Waals surface area contributed by atoms with Crippen molar-refractivity contribution in [3.8, 4) is 5.75 Å². The molecule has 118 valence electrons. The second-order valence-electron chi connectivity index (χ2n) is 6.11. The van der Waals surface area contributed by atoms with Gasteiger partial charge in [0, 0.05) is 6.04 Å². The quantitative estimate of drug-likeness (QED) is 0.563. The molecule has 0 bridgehead atoms. The maximum absolute atomic E-state index is 6.04. The van der Waals surface area contributed by atoms with Crippen LogP contribution in [0.2, 0.25) is 0 Å². The molecule has 3 heteroatoms. The Hall–Kier alpha value is -1.22. The molecule has 0 atom stereocenters. The zero-order valence-corrected chi connectivity index (χ0v) is 13.4. The summed E-state index contributed by atoms with van der Waals surface area (Å²) in [6, 6.07) is 6.97. The first-order chi connectivity index (χ1) is 10.3. The van der Waals surface area contributed by atoms with Gasteiger partial charge in [0.25, 0.3) is 0 Å². The van der Waals surface area contributed by atoms with Crippen LogP contribution in [0.3, 0.4) is 0 Å². The van der Waals surface area contributed by atoms with Crippen molar-refractivity contribution >= 4 is 5.69 Å². The minimum atomic E-state index is 0.731. The van der Waals surface area contributed by atoms with Gasteiger partial charge in [-0.2, -0.15) is 0 Å². The van der Waals surface area contributed by atoms with E-state index in [0.29, 0.717) is 0 Å². The number of nitrogens with one attached hydrogen (secondary N) is 1. The third-order valence-electron chi connectivity index (χ3n) is 4.22. The Bertz CT molecular complexity index is 414. The summed E-state index contributed by atoms with van der Waals surface area (Å²) < 4.78 is 5.61. The summed E-state index contributed by atoms with van der Waals surface area (Å²) in [5.41, 5.74) is 8.11. The molecule has 0 heterocycles.